The van der Waals surface area contributed by atoms with Gasteiger partial charge in [-0.2, -0.15) is 0 Å². The van der Waals surface area contributed by atoms with Gasteiger partial charge in [0.1, 0.15) is 11.5 Å². The number of rotatable bonds is 1. The van der Waals surface area contributed by atoms with Crippen molar-refractivity contribution in [2.24, 2.45) is 0 Å². The molecule has 0 fully saturated rings. The van der Waals surface area contributed by atoms with Crippen LogP contribution in [0.1, 0.15) is 7.43 Å². The van der Waals surface area contributed by atoms with E-state index in [1.165, 1.54) is 12.1 Å². The Morgan fingerprint density at radius 1 is 0.875 bits per heavy atom. The molecular weight excluding hydrogens is 224 g/mol. The van der Waals surface area contributed by atoms with Gasteiger partial charge in [-0.3, -0.25) is 0 Å². The van der Waals surface area contributed by atoms with Gasteiger partial charge in [-0.1, -0.05) is 37.2 Å². The highest BCUT2D eigenvalue weighted by Crippen LogP contribution is 2.35. The van der Waals surface area contributed by atoms with Crippen LogP contribution in [0.4, 0.5) is 0 Å². The van der Waals surface area contributed by atoms with Crippen LogP contribution in [0.2, 0.25) is 5.02 Å². The molecule has 0 saturated heterocycles. The van der Waals surface area contributed by atoms with Gasteiger partial charge in [-0.05, 0) is 18.2 Å². The maximum Gasteiger partial charge on any atom is 0.127 e. The van der Waals surface area contributed by atoms with Gasteiger partial charge in [0.15, 0.2) is 0 Å². The Labute approximate surface area is 99.8 Å². The molecule has 0 heterocycles. The first kappa shape index (κ1) is 12.4. The van der Waals surface area contributed by atoms with Gasteiger partial charge in [0.25, 0.3) is 0 Å². The van der Waals surface area contributed by atoms with E-state index in [1.54, 1.807) is 12.1 Å². The molecule has 0 aromatic heterocycles. The largest absolute Gasteiger partial charge is 0.508 e. The third-order valence-electron chi connectivity index (χ3n) is 2.15. The number of halogens is 1. The quantitative estimate of drug-likeness (QED) is 0.784. The second-order valence-electron chi connectivity index (χ2n) is 3.18. The van der Waals surface area contributed by atoms with Crippen LogP contribution in [-0.2, 0) is 0 Å². The van der Waals surface area contributed by atoms with E-state index in [4.69, 9.17) is 16.7 Å². The van der Waals surface area contributed by atoms with Crippen LogP contribution in [0.25, 0.3) is 11.1 Å². The van der Waals surface area contributed by atoms with Gasteiger partial charge in [-0.25, -0.2) is 0 Å². The molecule has 0 saturated carbocycles. The zero-order valence-electron chi connectivity index (χ0n) is 7.81. The molecule has 0 aliphatic heterocycles. The second kappa shape index (κ2) is 4.90. The van der Waals surface area contributed by atoms with E-state index in [0.717, 1.165) is 5.56 Å². The van der Waals surface area contributed by atoms with Crippen molar-refractivity contribution in [1.29, 1.82) is 0 Å². The summed E-state index contributed by atoms with van der Waals surface area (Å²) in [6, 6.07) is 11.7. The molecule has 2 N–H and O–H groups in total. The third-order valence-corrected chi connectivity index (χ3v) is 2.47. The first-order chi connectivity index (χ1) is 7.18. The Morgan fingerprint density at radius 3 is 2.19 bits per heavy atom. The number of benzene rings is 2. The average molecular weight is 237 g/mol. The zero-order valence-corrected chi connectivity index (χ0v) is 8.57. The topological polar surface area (TPSA) is 40.5 Å². The summed E-state index contributed by atoms with van der Waals surface area (Å²) in [4.78, 5) is 0. The van der Waals surface area contributed by atoms with Crippen molar-refractivity contribution in [1.82, 2.24) is 0 Å². The maximum absolute atomic E-state index is 9.65. The number of phenols is 2. The summed E-state index contributed by atoms with van der Waals surface area (Å²) in [5, 5.41) is 19.4. The van der Waals surface area contributed by atoms with Crippen LogP contribution >= 0.6 is 11.6 Å². The van der Waals surface area contributed by atoms with Crippen molar-refractivity contribution in [2.45, 2.75) is 7.43 Å². The van der Waals surface area contributed by atoms with Crippen molar-refractivity contribution in [2.75, 3.05) is 0 Å². The van der Waals surface area contributed by atoms with Crippen molar-refractivity contribution >= 4 is 11.6 Å². The molecule has 0 radical (unpaired) electrons. The van der Waals surface area contributed by atoms with Crippen LogP contribution in [0.5, 0.6) is 11.5 Å². The molecule has 0 spiro atoms. The minimum Gasteiger partial charge on any atom is -0.508 e. The van der Waals surface area contributed by atoms with E-state index in [-0.39, 0.29) is 18.9 Å². The molecule has 2 aromatic rings. The molecule has 0 bridgehead atoms. The Kier molecular flexibility index (Phi) is 3.80. The standard InChI is InChI=1S/C12H9ClO2.CH4/c13-11-4-2-1-3-9(11)10-6-5-8(14)7-12(10)15;/h1-7,14-15H;1H4. The maximum atomic E-state index is 9.65. The van der Waals surface area contributed by atoms with E-state index >= 15 is 0 Å². The molecule has 2 rings (SSSR count). The molecule has 0 atom stereocenters. The van der Waals surface area contributed by atoms with Crippen LogP contribution in [0.15, 0.2) is 42.5 Å². The van der Waals surface area contributed by atoms with Gasteiger partial charge >= 0.3 is 0 Å². The minimum atomic E-state index is 0. The molecule has 0 aliphatic rings. The molecule has 0 unspecified atom stereocenters. The predicted molar refractivity (Wildman–Crippen MR) is 66.9 cm³/mol. The highest BCUT2D eigenvalue weighted by atomic mass is 35.5. The lowest BCUT2D eigenvalue weighted by Gasteiger charge is -2.06. The van der Waals surface area contributed by atoms with Crippen LogP contribution < -0.4 is 0 Å². The Hall–Kier alpha value is -1.67. The van der Waals surface area contributed by atoms with E-state index < -0.39 is 0 Å². The van der Waals surface area contributed by atoms with Gasteiger partial charge in [0, 0.05) is 22.2 Å². The van der Waals surface area contributed by atoms with Crippen molar-refractivity contribution in [3.63, 3.8) is 0 Å². The summed E-state index contributed by atoms with van der Waals surface area (Å²) in [7, 11) is 0. The SMILES string of the molecule is C.Oc1ccc(-c2ccccc2Cl)c(O)c1. The molecule has 84 valence electrons. The molecule has 2 nitrogen and oxygen atoms in total. The van der Waals surface area contributed by atoms with Crippen molar-refractivity contribution in [3.8, 4) is 22.6 Å². The number of hydrogen-bond donors (Lipinski definition) is 2. The summed E-state index contributed by atoms with van der Waals surface area (Å²) in [6.45, 7) is 0. The number of hydrogen-bond acceptors (Lipinski definition) is 2. The molecule has 0 amide bonds. The van der Waals surface area contributed by atoms with E-state index in [0.29, 0.717) is 10.6 Å². The van der Waals surface area contributed by atoms with Gasteiger partial charge < -0.3 is 10.2 Å². The lowest BCUT2D eigenvalue weighted by Crippen LogP contribution is -1.80. The normalized spacial score (nSPS) is 9.56. The fraction of sp³-hybridized carbons (Fsp3) is 0.0769. The number of phenolic OH excluding ortho intramolecular Hbond substituents is 2. The van der Waals surface area contributed by atoms with Crippen molar-refractivity contribution < 1.29 is 10.2 Å². The van der Waals surface area contributed by atoms with E-state index in [1.807, 2.05) is 18.2 Å². The van der Waals surface area contributed by atoms with Gasteiger partial charge in [0.05, 0.1) is 0 Å². The Balaban J connectivity index is 0.00000128. The lowest BCUT2D eigenvalue weighted by atomic mass is 10.0. The molecule has 0 aliphatic carbocycles. The summed E-state index contributed by atoms with van der Waals surface area (Å²) >= 11 is 6.00. The smallest absolute Gasteiger partial charge is 0.127 e. The Morgan fingerprint density at radius 2 is 1.56 bits per heavy atom. The molecular formula is C13H13ClO2. The summed E-state index contributed by atoms with van der Waals surface area (Å²) < 4.78 is 0. The molecule has 16 heavy (non-hydrogen) atoms. The van der Waals surface area contributed by atoms with Crippen LogP contribution in [-0.4, -0.2) is 10.2 Å². The third kappa shape index (κ3) is 2.28. The first-order valence-electron chi connectivity index (χ1n) is 4.45. The average Bonchev–Trinajstić information content (AvgIpc) is 2.20. The summed E-state index contributed by atoms with van der Waals surface area (Å²) in [5.74, 6) is 0.0476. The summed E-state index contributed by atoms with van der Waals surface area (Å²) in [5.41, 5.74) is 1.36. The summed E-state index contributed by atoms with van der Waals surface area (Å²) in [6.07, 6.45) is 0. The van der Waals surface area contributed by atoms with Crippen LogP contribution in [0, 0.1) is 0 Å². The zero-order chi connectivity index (χ0) is 10.8. The fourth-order valence-electron chi connectivity index (χ4n) is 1.43. The Bertz CT molecular complexity index is 495. The van der Waals surface area contributed by atoms with E-state index in [9.17, 15) is 5.11 Å². The van der Waals surface area contributed by atoms with Crippen molar-refractivity contribution in [3.05, 3.63) is 47.5 Å². The lowest BCUT2D eigenvalue weighted by molar-refractivity contribution is 0.452. The monoisotopic (exact) mass is 236 g/mol. The second-order valence-corrected chi connectivity index (χ2v) is 3.59. The fourth-order valence-corrected chi connectivity index (χ4v) is 1.66. The van der Waals surface area contributed by atoms with E-state index in [2.05, 4.69) is 0 Å². The highest BCUT2D eigenvalue weighted by Gasteiger charge is 2.07. The molecule has 2 aromatic carbocycles. The van der Waals surface area contributed by atoms with Crippen LogP contribution in [0.3, 0.4) is 0 Å². The predicted octanol–water partition coefficient (Wildman–Crippen LogP) is 4.05. The highest BCUT2D eigenvalue weighted by molar-refractivity contribution is 6.33. The number of aromatic hydroxyl groups is 2. The first-order valence-corrected chi connectivity index (χ1v) is 4.83. The van der Waals surface area contributed by atoms with Gasteiger partial charge in [-0.15, -0.1) is 0 Å². The molecule has 3 heteroatoms. The van der Waals surface area contributed by atoms with Gasteiger partial charge in [0.2, 0.25) is 0 Å². The minimum absolute atomic E-state index is 0.